The second-order valence-corrected chi connectivity index (χ2v) is 9.62. The first-order chi connectivity index (χ1) is 13.9. The molecule has 3 aliphatic heterocycles. The summed E-state index contributed by atoms with van der Waals surface area (Å²) in [7, 11) is 0. The van der Waals surface area contributed by atoms with Crippen molar-refractivity contribution in [3.8, 4) is 0 Å². The van der Waals surface area contributed by atoms with Crippen molar-refractivity contribution < 1.29 is 28.9 Å². The molecule has 3 aliphatic carbocycles. The Morgan fingerprint density at radius 3 is 2.48 bits per heavy atom. The molecule has 2 spiro atoms. The van der Waals surface area contributed by atoms with Crippen molar-refractivity contribution in [1.82, 2.24) is 0 Å². The van der Waals surface area contributed by atoms with Crippen LogP contribution in [0.25, 0.3) is 0 Å². The number of carbonyl (C=O) groups excluding carboxylic acids is 2. The molecule has 2 saturated heterocycles. The molecule has 6 rings (SSSR count). The fourth-order valence-corrected chi connectivity index (χ4v) is 7.29. The average Bonchev–Trinajstić information content (AvgIpc) is 3.60. The third-order valence-electron chi connectivity index (χ3n) is 8.63. The van der Waals surface area contributed by atoms with E-state index in [0.29, 0.717) is 12.5 Å². The molecule has 2 unspecified atom stereocenters. The first-order valence-electron chi connectivity index (χ1n) is 11.1. The Morgan fingerprint density at radius 1 is 1.14 bits per heavy atom. The number of rotatable bonds is 1. The van der Waals surface area contributed by atoms with E-state index in [2.05, 4.69) is 20.8 Å². The van der Waals surface area contributed by atoms with E-state index in [9.17, 15) is 9.90 Å². The van der Waals surface area contributed by atoms with Gasteiger partial charge in [0.2, 0.25) is 0 Å². The SMILES string of the molecule is C=O.CC.CC(C)C1C[C@@H]2O[C@]23[C@]2(O[C@H]2CC2C4=C(CC[C@@]23C)C(=O)OC4)[C@@H]1O. The van der Waals surface area contributed by atoms with Gasteiger partial charge in [-0.25, -0.2) is 4.79 Å². The zero-order chi connectivity index (χ0) is 21.4. The van der Waals surface area contributed by atoms with Crippen molar-refractivity contribution in [2.24, 2.45) is 23.2 Å². The summed E-state index contributed by atoms with van der Waals surface area (Å²) in [5.74, 6) is 0.806. The second kappa shape index (κ2) is 6.63. The summed E-state index contributed by atoms with van der Waals surface area (Å²) in [6, 6.07) is 0. The molecule has 0 radical (unpaired) electrons. The molecular weight excluding hydrogens is 372 g/mol. The van der Waals surface area contributed by atoms with Crippen LogP contribution in [0.5, 0.6) is 0 Å². The molecule has 4 fully saturated rings. The Balaban J connectivity index is 0.000000485. The van der Waals surface area contributed by atoms with Crippen LogP contribution in [0, 0.1) is 23.2 Å². The van der Waals surface area contributed by atoms with Crippen molar-refractivity contribution in [3.05, 3.63) is 11.1 Å². The summed E-state index contributed by atoms with van der Waals surface area (Å²) in [6.45, 7) is 13.1. The first kappa shape index (κ1) is 21.0. The molecule has 162 valence electrons. The van der Waals surface area contributed by atoms with E-state index in [1.807, 2.05) is 20.6 Å². The van der Waals surface area contributed by atoms with Gasteiger partial charge < -0.3 is 24.1 Å². The van der Waals surface area contributed by atoms with Crippen LogP contribution in [0.4, 0.5) is 0 Å². The van der Waals surface area contributed by atoms with Crippen molar-refractivity contribution in [2.45, 2.75) is 89.8 Å². The van der Waals surface area contributed by atoms with Crippen LogP contribution in [0.15, 0.2) is 11.1 Å². The van der Waals surface area contributed by atoms with Gasteiger partial charge in [-0.1, -0.05) is 34.6 Å². The molecule has 0 aromatic heterocycles. The number of ether oxygens (including phenoxy) is 3. The topological polar surface area (TPSA) is 88.7 Å². The molecule has 6 heteroatoms. The van der Waals surface area contributed by atoms with Gasteiger partial charge in [-0.2, -0.15) is 0 Å². The van der Waals surface area contributed by atoms with Gasteiger partial charge in [0, 0.05) is 11.0 Å². The number of hydrogen-bond acceptors (Lipinski definition) is 6. The number of esters is 1. The van der Waals surface area contributed by atoms with Gasteiger partial charge in [0.15, 0.2) is 5.60 Å². The molecule has 1 N–H and O–H groups in total. The fraction of sp³-hybridized carbons (Fsp3) is 0.826. The lowest BCUT2D eigenvalue weighted by atomic mass is 9.46. The van der Waals surface area contributed by atoms with Crippen LogP contribution in [0.2, 0.25) is 0 Å². The number of cyclic esters (lactones) is 1. The lowest BCUT2D eigenvalue weighted by Crippen LogP contribution is -2.66. The van der Waals surface area contributed by atoms with Crippen LogP contribution in [-0.4, -0.2) is 54.0 Å². The summed E-state index contributed by atoms with van der Waals surface area (Å²) in [4.78, 5) is 20.0. The molecule has 6 nitrogen and oxygen atoms in total. The van der Waals surface area contributed by atoms with E-state index in [4.69, 9.17) is 19.0 Å². The number of fused-ring (bicyclic) bond motifs is 2. The summed E-state index contributed by atoms with van der Waals surface area (Å²) in [5, 5.41) is 11.3. The fourth-order valence-electron chi connectivity index (χ4n) is 7.29. The number of carbonyl (C=O) groups is 2. The Hall–Kier alpha value is -1.24. The molecule has 29 heavy (non-hydrogen) atoms. The number of aliphatic hydroxyl groups is 1. The highest BCUT2D eigenvalue weighted by molar-refractivity contribution is 5.92. The van der Waals surface area contributed by atoms with Crippen molar-refractivity contribution >= 4 is 12.8 Å². The maximum atomic E-state index is 12.0. The van der Waals surface area contributed by atoms with Gasteiger partial charge in [-0.15, -0.1) is 0 Å². The molecule has 0 bridgehead atoms. The monoisotopic (exact) mass is 406 g/mol. The van der Waals surface area contributed by atoms with E-state index in [1.165, 1.54) is 5.57 Å². The maximum absolute atomic E-state index is 12.0. The predicted molar refractivity (Wildman–Crippen MR) is 106 cm³/mol. The smallest absolute Gasteiger partial charge is 0.334 e. The molecular formula is C23H34O6. The third-order valence-corrected chi connectivity index (χ3v) is 8.63. The first-order valence-corrected chi connectivity index (χ1v) is 11.1. The predicted octanol–water partition coefficient (Wildman–Crippen LogP) is 2.81. The lowest BCUT2D eigenvalue weighted by molar-refractivity contribution is -0.136. The molecule has 6 aliphatic rings. The summed E-state index contributed by atoms with van der Waals surface area (Å²) in [5.41, 5.74) is 1.12. The minimum atomic E-state index is -0.516. The molecule has 0 amide bonds. The second-order valence-electron chi connectivity index (χ2n) is 9.62. The normalized spacial score (nSPS) is 50.3. The highest BCUT2D eigenvalue weighted by Crippen LogP contribution is 2.79. The maximum Gasteiger partial charge on any atom is 0.334 e. The van der Waals surface area contributed by atoms with Gasteiger partial charge >= 0.3 is 5.97 Å². The van der Waals surface area contributed by atoms with Crippen molar-refractivity contribution in [3.63, 3.8) is 0 Å². The highest BCUT2D eigenvalue weighted by atomic mass is 16.7. The Labute approximate surface area is 173 Å². The zero-order valence-corrected chi connectivity index (χ0v) is 18.2. The van der Waals surface area contributed by atoms with Gasteiger partial charge in [0.25, 0.3) is 0 Å². The van der Waals surface area contributed by atoms with E-state index in [1.54, 1.807) is 0 Å². The van der Waals surface area contributed by atoms with E-state index >= 15 is 0 Å². The lowest BCUT2D eigenvalue weighted by Gasteiger charge is -2.54. The molecule has 3 heterocycles. The number of hydrogen-bond donors (Lipinski definition) is 1. The minimum Gasteiger partial charge on any atom is -0.458 e. The molecule has 0 aromatic rings. The van der Waals surface area contributed by atoms with Gasteiger partial charge in [0.05, 0.1) is 18.3 Å². The van der Waals surface area contributed by atoms with Gasteiger partial charge in [-0.05, 0) is 49.0 Å². The average molecular weight is 407 g/mol. The van der Waals surface area contributed by atoms with E-state index in [-0.39, 0.29) is 41.0 Å². The van der Waals surface area contributed by atoms with Gasteiger partial charge in [0.1, 0.15) is 19.0 Å². The summed E-state index contributed by atoms with van der Waals surface area (Å²) in [6.07, 6.45) is 3.26. The highest BCUT2D eigenvalue weighted by Gasteiger charge is 2.92. The molecule has 0 aromatic carbocycles. The van der Waals surface area contributed by atoms with Crippen LogP contribution in [-0.2, 0) is 23.8 Å². The molecule has 2 saturated carbocycles. The molecule has 8 atom stereocenters. The Morgan fingerprint density at radius 2 is 1.83 bits per heavy atom. The van der Waals surface area contributed by atoms with Crippen molar-refractivity contribution in [2.75, 3.05) is 6.61 Å². The van der Waals surface area contributed by atoms with Crippen LogP contribution < -0.4 is 0 Å². The van der Waals surface area contributed by atoms with Crippen LogP contribution in [0.3, 0.4) is 0 Å². The minimum absolute atomic E-state index is 0.0506. The standard InChI is InChI=1S/C20H26O5.C2H6.CH2O/c1-9(2)11-6-15-20(25-15)18(3)5-4-10-12(8-23-17(10)22)13(18)7-14-19(20,24-14)16(11)21;2*1-2/h9,11,13-16,21H,4-8H2,1-3H3;1-2H3;1H2/t11?,13?,14-,15-,16+,18-,19+,20+;;/m0../s1. The van der Waals surface area contributed by atoms with Gasteiger partial charge in [-0.3, -0.25) is 0 Å². The quantitative estimate of drug-likeness (QED) is 0.532. The third kappa shape index (κ3) is 2.23. The van der Waals surface area contributed by atoms with Crippen molar-refractivity contribution in [1.29, 1.82) is 0 Å². The van der Waals surface area contributed by atoms with Crippen LogP contribution in [0.1, 0.15) is 60.3 Å². The zero-order valence-electron chi connectivity index (χ0n) is 18.2. The summed E-state index contributed by atoms with van der Waals surface area (Å²) < 4.78 is 18.1. The number of aliphatic hydroxyl groups excluding tert-OH is 1. The largest absolute Gasteiger partial charge is 0.458 e. The summed E-state index contributed by atoms with van der Waals surface area (Å²) >= 11 is 0. The van der Waals surface area contributed by atoms with Crippen LogP contribution >= 0.6 is 0 Å². The van der Waals surface area contributed by atoms with E-state index < -0.39 is 11.7 Å². The number of epoxide rings is 2. The Bertz CT molecular complexity index is 746. The van der Waals surface area contributed by atoms with E-state index in [0.717, 1.165) is 31.3 Å². The Kier molecular flexibility index (Phi) is 4.80.